The number of hydrogen-bond acceptors (Lipinski definition) is 4. The highest BCUT2D eigenvalue weighted by molar-refractivity contribution is 6.00. The van der Waals surface area contributed by atoms with Crippen LogP contribution in [0.5, 0.6) is 0 Å². The summed E-state index contributed by atoms with van der Waals surface area (Å²) >= 11 is 0. The van der Waals surface area contributed by atoms with Gasteiger partial charge in [-0.25, -0.2) is 9.82 Å². The minimum absolute atomic E-state index is 0.0481. The van der Waals surface area contributed by atoms with Crippen LogP contribution in [0.4, 0.5) is 10.1 Å². The first-order valence-electron chi connectivity index (χ1n) is 8.39. The lowest BCUT2D eigenvalue weighted by molar-refractivity contribution is -0.120. The zero-order valence-corrected chi connectivity index (χ0v) is 14.7. The summed E-state index contributed by atoms with van der Waals surface area (Å²) in [5, 5.41) is 15.9. The number of carbonyl (C=O) groups excluding carboxylic acids is 2. The van der Waals surface area contributed by atoms with E-state index >= 15 is 0 Å². The van der Waals surface area contributed by atoms with Gasteiger partial charge in [0, 0.05) is 28.4 Å². The predicted molar refractivity (Wildman–Crippen MR) is 103 cm³/mol. The van der Waals surface area contributed by atoms with Gasteiger partial charge in [0.05, 0.1) is 12.3 Å². The number of halogens is 1. The number of nitrogens with zero attached hydrogens (tertiary/aromatic N) is 3. The maximum Gasteiger partial charge on any atom is 0.254 e. The van der Waals surface area contributed by atoms with E-state index < -0.39 is 5.91 Å². The topological polar surface area (TPSA) is 99.3 Å². The number of aromatic nitrogens is 1. The zero-order valence-electron chi connectivity index (χ0n) is 14.7. The minimum Gasteiger partial charge on any atom is -0.337 e. The molecule has 3 rings (SSSR count). The molecule has 0 saturated carbocycles. The fraction of sp³-hybridized carbons (Fsp3) is 0.100. The first-order valence-corrected chi connectivity index (χ1v) is 8.39. The maximum atomic E-state index is 13.0. The fourth-order valence-electron chi connectivity index (χ4n) is 2.68. The Morgan fingerprint density at radius 2 is 1.89 bits per heavy atom. The van der Waals surface area contributed by atoms with Gasteiger partial charge in [0.25, 0.3) is 5.91 Å². The first-order chi connectivity index (χ1) is 13.6. The number of rotatable bonds is 6. The molecule has 3 aromatic rings. The van der Waals surface area contributed by atoms with E-state index in [4.69, 9.17) is 5.26 Å². The molecule has 0 aliphatic heterocycles. The Balaban J connectivity index is 1.77. The first kappa shape index (κ1) is 18.8. The molecule has 0 aliphatic carbocycles. The zero-order chi connectivity index (χ0) is 19.9. The maximum absolute atomic E-state index is 13.0. The van der Waals surface area contributed by atoms with Crippen molar-refractivity contribution in [2.75, 3.05) is 5.32 Å². The summed E-state index contributed by atoms with van der Waals surface area (Å²) in [7, 11) is 0. The van der Waals surface area contributed by atoms with Crippen LogP contribution in [0.15, 0.2) is 59.8 Å². The fourth-order valence-corrected chi connectivity index (χ4v) is 2.68. The van der Waals surface area contributed by atoms with Crippen molar-refractivity contribution in [2.24, 2.45) is 5.10 Å². The second-order valence-electron chi connectivity index (χ2n) is 5.91. The van der Waals surface area contributed by atoms with E-state index in [1.807, 2.05) is 24.3 Å². The molecular formula is C20H16FN5O2. The van der Waals surface area contributed by atoms with Gasteiger partial charge >= 0.3 is 0 Å². The molecule has 0 unspecified atom stereocenters. The van der Waals surface area contributed by atoms with Crippen molar-refractivity contribution >= 4 is 34.6 Å². The molecule has 0 spiro atoms. The van der Waals surface area contributed by atoms with Crippen molar-refractivity contribution in [1.82, 2.24) is 9.99 Å². The van der Waals surface area contributed by atoms with Gasteiger partial charge in [-0.2, -0.15) is 10.4 Å². The number of benzene rings is 2. The number of hydrazone groups is 1. The highest BCUT2D eigenvalue weighted by Gasteiger charge is 2.10. The van der Waals surface area contributed by atoms with E-state index in [1.165, 1.54) is 30.5 Å². The van der Waals surface area contributed by atoms with E-state index in [2.05, 4.69) is 15.8 Å². The van der Waals surface area contributed by atoms with Crippen molar-refractivity contribution in [3.05, 3.63) is 66.1 Å². The summed E-state index contributed by atoms with van der Waals surface area (Å²) in [4.78, 5) is 23.7. The van der Waals surface area contributed by atoms with E-state index in [1.54, 1.807) is 16.8 Å². The molecule has 140 valence electrons. The lowest BCUT2D eigenvalue weighted by Crippen LogP contribution is -2.18. The Hall–Kier alpha value is -3.99. The summed E-state index contributed by atoms with van der Waals surface area (Å²) in [6, 6.07) is 14.7. The van der Waals surface area contributed by atoms with Gasteiger partial charge in [0.1, 0.15) is 18.8 Å². The number of nitriles is 1. The molecule has 1 heterocycles. The standard InChI is InChI=1S/C20H16FN5O2/c21-15-5-7-16(8-6-15)24-20(28)13-26-12-14(11-23-25-19(27)9-10-22)17-3-1-2-4-18(17)26/h1-8,11-12H,9,13H2,(H,24,28)(H,25,27)/b23-11+. The number of nitrogens with one attached hydrogen (secondary N) is 2. The SMILES string of the molecule is N#CCC(=O)N/N=C/c1cn(CC(=O)Nc2ccc(F)cc2)c2ccccc12. The molecule has 2 aromatic carbocycles. The normalized spacial score (nSPS) is 10.7. The van der Waals surface area contributed by atoms with Gasteiger partial charge in [0.15, 0.2) is 0 Å². The molecule has 0 bridgehead atoms. The van der Waals surface area contributed by atoms with Crippen molar-refractivity contribution in [3.63, 3.8) is 0 Å². The summed E-state index contributed by atoms with van der Waals surface area (Å²) < 4.78 is 14.7. The van der Waals surface area contributed by atoms with Gasteiger partial charge in [-0.3, -0.25) is 9.59 Å². The van der Waals surface area contributed by atoms with Gasteiger partial charge in [0.2, 0.25) is 5.91 Å². The van der Waals surface area contributed by atoms with Gasteiger partial charge < -0.3 is 9.88 Å². The van der Waals surface area contributed by atoms with Crippen LogP contribution in [0, 0.1) is 17.1 Å². The van der Waals surface area contributed by atoms with E-state index in [0.717, 1.165) is 10.9 Å². The van der Waals surface area contributed by atoms with Crippen LogP contribution in [-0.4, -0.2) is 22.6 Å². The number of anilines is 1. The van der Waals surface area contributed by atoms with Gasteiger partial charge in [-0.1, -0.05) is 18.2 Å². The Labute approximate surface area is 160 Å². The van der Waals surface area contributed by atoms with Crippen LogP contribution in [-0.2, 0) is 16.1 Å². The Bertz CT molecular complexity index is 1080. The van der Waals surface area contributed by atoms with Crippen LogP contribution in [0.25, 0.3) is 10.9 Å². The molecule has 1 aromatic heterocycles. The molecule has 8 heteroatoms. The van der Waals surface area contributed by atoms with Crippen molar-refractivity contribution < 1.29 is 14.0 Å². The smallest absolute Gasteiger partial charge is 0.254 e. The monoisotopic (exact) mass is 377 g/mol. The largest absolute Gasteiger partial charge is 0.337 e. The third kappa shape index (κ3) is 4.59. The number of fused-ring (bicyclic) bond motifs is 1. The van der Waals surface area contributed by atoms with Crippen LogP contribution in [0.1, 0.15) is 12.0 Å². The highest BCUT2D eigenvalue weighted by atomic mass is 19.1. The summed E-state index contributed by atoms with van der Waals surface area (Å²) in [6.07, 6.45) is 2.93. The summed E-state index contributed by atoms with van der Waals surface area (Å²) in [5.41, 5.74) is 4.31. The highest BCUT2D eigenvalue weighted by Crippen LogP contribution is 2.20. The lowest BCUT2D eigenvalue weighted by atomic mass is 10.2. The number of para-hydroxylation sites is 1. The second-order valence-corrected chi connectivity index (χ2v) is 5.91. The molecule has 0 atom stereocenters. The molecular weight excluding hydrogens is 361 g/mol. The van der Waals surface area contributed by atoms with Crippen LogP contribution in [0.3, 0.4) is 0 Å². The Morgan fingerprint density at radius 1 is 1.14 bits per heavy atom. The van der Waals surface area contributed by atoms with E-state index in [0.29, 0.717) is 11.3 Å². The number of carbonyl (C=O) groups is 2. The van der Waals surface area contributed by atoms with Gasteiger partial charge in [-0.05, 0) is 30.3 Å². The number of amides is 2. The number of hydrogen-bond donors (Lipinski definition) is 2. The Kier molecular flexibility index (Phi) is 5.77. The molecule has 7 nitrogen and oxygen atoms in total. The van der Waals surface area contributed by atoms with E-state index in [-0.39, 0.29) is 24.7 Å². The summed E-state index contributed by atoms with van der Waals surface area (Å²) in [6.45, 7) is 0.0481. The predicted octanol–water partition coefficient (Wildman–Crippen LogP) is 2.78. The molecule has 0 saturated heterocycles. The quantitative estimate of drug-likeness (QED) is 0.510. The van der Waals surface area contributed by atoms with Crippen LogP contribution < -0.4 is 10.7 Å². The third-order valence-corrected chi connectivity index (χ3v) is 3.89. The van der Waals surface area contributed by atoms with Gasteiger partial charge in [-0.15, -0.1) is 0 Å². The molecule has 0 aliphatic rings. The molecule has 2 amide bonds. The molecule has 28 heavy (non-hydrogen) atoms. The second kappa shape index (κ2) is 8.60. The Morgan fingerprint density at radius 3 is 2.64 bits per heavy atom. The molecule has 0 fully saturated rings. The molecule has 2 N–H and O–H groups in total. The molecule has 0 radical (unpaired) electrons. The average molecular weight is 377 g/mol. The summed E-state index contributed by atoms with van der Waals surface area (Å²) in [5.74, 6) is -1.14. The van der Waals surface area contributed by atoms with E-state index in [9.17, 15) is 14.0 Å². The van der Waals surface area contributed by atoms with Crippen molar-refractivity contribution in [2.45, 2.75) is 13.0 Å². The van der Waals surface area contributed by atoms with Crippen LogP contribution >= 0.6 is 0 Å². The minimum atomic E-state index is -0.499. The van der Waals surface area contributed by atoms with Crippen molar-refractivity contribution in [3.8, 4) is 6.07 Å². The van der Waals surface area contributed by atoms with Crippen LogP contribution in [0.2, 0.25) is 0 Å². The average Bonchev–Trinajstić information content (AvgIpc) is 3.02. The third-order valence-electron chi connectivity index (χ3n) is 3.89. The lowest BCUT2D eigenvalue weighted by Gasteiger charge is -2.07. The van der Waals surface area contributed by atoms with Crippen molar-refractivity contribution in [1.29, 1.82) is 5.26 Å².